The van der Waals surface area contributed by atoms with Gasteiger partial charge >= 0.3 is 6.09 Å². The minimum absolute atomic E-state index is 0.0904. The zero-order valence-corrected chi connectivity index (χ0v) is 20.1. The molecule has 1 fully saturated rings. The molecule has 1 saturated carbocycles. The predicted octanol–water partition coefficient (Wildman–Crippen LogP) is 4.77. The van der Waals surface area contributed by atoms with Crippen molar-refractivity contribution in [1.82, 2.24) is 24.9 Å². The molecule has 176 valence electrons. The van der Waals surface area contributed by atoms with Crippen LogP contribution in [0.25, 0.3) is 11.4 Å². The van der Waals surface area contributed by atoms with E-state index in [1.807, 2.05) is 12.1 Å². The second-order valence-corrected chi connectivity index (χ2v) is 9.04. The van der Waals surface area contributed by atoms with Crippen molar-refractivity contribution < 1.29 is 14.3 Å². The van der Waals surface area contributed by atoms with Gasteiger partial charge in [0, 0.05) is 20.6 Å². The molecule has 3 rings (SSSR count). The van der Waals surface area contributed by atoms with Crippen molar-refractivity contribution in [3.05, 3.63) is 23.5 Å². The van der Waals surface area contributed by atoms with Gasteiger partial charge < -0.3 is 14.4 Å². The molecule has 2 aromatic rings. The molecule has 1 aliphatic carbocycles. The number of pyridine rings is 1. The van der Waals surface area contributed by atoms with E-state index in [2.05, 4.69) is 31.1 Å². The zero-order valence-electron chi connectivity index (χ0n) is 20.1. The Kier molecular flexibility index (Phi) is 8.47. The fraction of sp³-hybridized carbons (Fsp3) is 0.667. The Bertz CT molecular complexity index is 890. The molecule has 8 nitrogen and oxygen atoms in total. The van der Waals surface area contributed by atoms with E-state index in [1.165, 1.54) is 19.3 Å². The molecule has 0 aromatic carbocycles. The first-order valence-corrected chi connectivity index (χ1v) is 11.8. The van der Waals surface area contributed by atoms with Crippen LogP contribution in [-0.2, 0) is 24.8 Å². The van der Waals surface area contributed by atoms with E-state index in [1.54, 1.807) is 23.7 Å². The van der Waals surface area contributed by atoms with Crippen molar-refractivity contribution in [3.63, 3.8) is 0 Å². The second-order valence-electron chi connectivity index (χ2n) is 9.04. The van der Waals surface area contributed by atoms with Gasteiger partial charge in [-0.2, -0.15) is 0 Å². The molecule has 0 aliphatic heterocycles. The third kappa shape index (κ3) is 6.20. The van der Waals surface area contributed by atoms with Crippen LogP contribution in [0.2, 0.25) is 0 Å². The first-order chi connectivity index (χ1) is 15.4. The highest BCUT2D eigenvalue weighted by atomic mass is 16.6. The summed E-state index contributed by atoms with van der Waals surface area (Å²) in [5.41, 5.74) is 2.97. The monoisotopic (exact) mass is 443 g/mol. The third-order valence-corrected chi connectivity index (χ3v) is 5.98. The fourth-order valence-corrected chi connectivity index (χ4v) is 3.86. The summed E-state index contributed by atoms with van der Waals surface area (Å²) in [6.45, 7) is 7.10. The highest BCUT2D eigenvalue weighted by Crippen LogP contribution is 2.29. The number of nitrogens with zero attached hydrogens (tertiary/aromatic N) is 5. The van der Waals surface area contributed by atoms with Crippen LogP contribution in [-0.4, -0.2) is 50.7 Å². The maximum absolute atomic E-state index is 12.4. The lowest BCUT2D eigenvalue weighted by atomic mass is 9.98. The summed E-state index contributed by atoms with van der Waals surface area (Å²) < 4.78 is 13.4. The van der Waals surface area contributed by atoms with E-state index in [0.717, 1.165) is 37.1 Å². The smallest absolute Gasteiger partial charge is 0.409 e. The predicted molar refractivity (Wildman–Crippen MR) is 123 cm³/mol. The Labute approximate surface area is 191 Å². The molecule has 8 heteroatoms. The number of aryl methyl sites for hydroxylation is 2. The van der Waals surface area contributed by atoms with E-state index in [-0.39, 0.29) is 18.8 Å². The first-order valence-electron chi connectivity index (χ1n) is 11.8. The van der Waals surface area contributed by atoms with Gasteiger partial charge in [-0.15, -0.1) is 5.10 Å². The number of rotatable bonds is 9. The van der Waals surface area contributed by atoms with Crippen molar-refractivity contribution in [2.24, 2.45) is 13.0 Å². The van der Waals surface area contributed by atoms with Crippen LogP contribution in [0.5, 0.6) is 5.75 Å². The van der Waals surface area contributed by atoms with Crippen LogP contribution < -0.4 is 4.74 Å². The highest BCUT2D eigenvalue weighted by molar-refractivity contribution is 5.67. The fourth-order valence-electron chi connectivity index (χ4n) is 3.86. The Hall–Kier alpha value is -2.64. The zero-order chi connectivity index (χ0) is 23.1. The highest BCUT2D eigenvalue weighted by Gasteiger charge is 2.21. The molecule has 0 spiro atoms. The molecule has 1 aliphatic rings. The van der Waals surface area contributed by atoms with Crippen molar-refractivity contribution in [2.75, 3.05) is 13.6 Å². The molecule has 0 radical (unpaired) electrons. The van der Waals surface area contributed by atoms with E-state index >= 15 is 0 Å². The standard InChI is InChI=1S/C24H37N5O3/c1-6-19-22(32-18-10-8-7-9-11-18)13-12-20(25-19)23-21(29(5)27-26-23)16-31-24(30)28(4)15-14-17(2)3/h12-13,17-18H,6-11,14-16H2,1-5H3. The normalized spacial score (nSPS) is 14.6. The lowest BCUT2D eigenvalue weighted by molar-refractivity contribution is 0.101. The molecule has 2 aromatic heterocycles. The third-order valence-electron chi connectivity index (χ3n) is 5.98. The van der Waals surface area contributed by atoms with Gasteiger partial charge in [-0.3, -0.25) is 0 Å². The van der Waals surface area contributed by atoms with Gasteiger partial charge in [0.25, 0.3) is 0 Å². The van der Waals surface area contributed by atoms with E-state index in [0.29, 0.717) is 29.5 Å². The average molecular weight is 444 g/mol. The van der Waals surface area contributed by atoms with Gasteiger partial charge in [0.1, 0.15) is 23.7 Å². The lowest BCUT2D eigenvalue weighted by Gasteiger charge is -2.24. The largest absolute Gasteiger partial charge is 0.489 e. The number of carbonyl (C=O) groups is 1. The number of amides is 1. The summed E-state index contributed by atoms with van der Waals surface area (Å²) in [5.74, 6) is 1.38. The number of aromatic nitrogens is 4. The second kappa shape index (κ2) is 11.3. The number of hydrogen-bond acceptors (Lipinski definition) is 6. The van der Waals surface area contributed by atoms with Crippen LogP contribution in [0.15, 0.2) is 12.1 Å². The van der Waals surface area contributed by atoms with Crippen LogP contribution in [0.1, 0.15) is 70.7 Å². The van der Waals surface area contributed by atoms with E-state index in [4.69, 9.17) is 14.5 Å². The molecule has 32 heavy (non-hydrogen) atoms. The minimum Gasteiger partial charge on any atom is -0.489 e. The van der Waals surface area contributed by atoms with Gasteiger partial charge in [0.2, 0.25) is 0 Å². The molecule has 2 heterocycles. The molecule has 0 N–H and O–H groups in total. The Balaban J connectivity index is 1.71. The molecule has 1 amide bonds. The van der Waals surface area contributed by atoms with Crippen molar-refractivity contribution in [1.29, 1.82) is 0 Å². The molecule has 0 bridgehead atoms. The molecule has 0 saturated heterocycles. The SMILES string of the molecule is CCc1nc(-c2nnn(C)c2COC(=O)N(C)CCC(C)C)ccc1OC1CCCCC1. The summed E-state index contributed by atoms with van der Waals surface area (Å²) in [7, 11) is 3.55. The maximum atomic E-state index is 12.4. The van der Waals surface area contributed by atoms with Gasteiger partial charge in [0.05, 0.1) is 17.5 Å². The van der Waals surface area contributed by atoms with Crippen molar-refractivity contribution in [2.45, 2.75) is 78.4 Å². The molecular weight excluding hydrogens is 406 g/mol. The van der Waals surface area contributed by atoms with Crippen LogP contribution >= 0.6 is 0 Å². The topological polar surface area (TPSA) is 82.4 Å². The quantitative estimate of drug-likeness (QED) is 0.555. The molecule has 0 unspecified atom stereocenters. The van der Waals surface area contributed by atoms with Crippen LogP contribution in [0.3, 0.4) is 0 Å². The van der Waals surface area contributed by atoms with Crippen molar-refractivity contribution in [3.8, 4) is 17.1 Å². The molecular formula is C24H37N5O3. The Morgan fingerprint density at radius 1 is 1.25 bits per heavy atom. The van der Waals surface area contributed by atoms with Gasteiger partial charge in [-0.25, -0.2) is 14.5 Å². The lowest BCUT2D eigenvalue weighted by Crippen LogP contribution is -2.29. The Morgan fingerprint density at radius 3 is 2.69 bits per heavy atom. The molecule has 0 atom stereocenters. The van der Waals surface area contributed by atoms with Crippen molar-refractivity contribution >= 4 is 6.09 Å². The summed E-state index contributed by atoms with van der Waals surface area (Å²) in [6.07, 6.45) is 7.59. The number of ether oxygens (including phenoxy) is 2. The summed E-state index contributed by atoms with van der Waals surface area (Å²) in [5, 5.41) is 8.43. The summed E-state index contributed by atoms with van der Waals surface area (Å²) in [6, 6.07) is 3.90. The van der Waals surface area contributed by atoms with E-state index in [9.17, 15) is 4.79 Å². The minimum atomic E-state index is -0.351. The summed E-state index contributed by atoms with van der Waals surface area (Å²) in [4.78, 5) is 18.8. The van der Waals surface area contributed by atoms with Crippen LogP contribution in [0, 0.1) is 5.92 Å². The van der Waals surface area contributed by atoms with Gasteiger partial charge in [-0.05, 0) is 56.6 Å². The van der Waals surface area contributed by atoms with E-state index < -0.39 is 0 Å². The summed E-state index contributed by atoms with van der Waals surface area (Å²) >= 11 is 0. The maximum Gasteiger partial charge on any atom is 0.409 e. The average Bonchev–Trinajstić information content (AvgIpc) is 3.16. The number of hydrogen-bond donors (Lipinski definition) is 0. The number of carbonyl (C=O) groups excluding carboxylic acids is 1. The first kappa shape index (κ1) is 24.0. The van der Waals surface area contributed by atoms with Crippen LogP contribution in [0.4, 0.5) is 4.79 Å². The van der Waals surface area contributed by atoms with Gasteiger partial charge in [0.15, 0.2) is 0 Å². The van der Waals surface area contributed by atoms with Gasteiger partial charge in [-0.1, -0.05) is 32.4 Å². The Morgan fingerprint density at radius 2 is 2.00 bits per heavy atom.